The number of fused-ring (bicyclic) bond motifs is 2. The number of carboxylic acids is 1. The van der Waals surface area contributed by atoms with E-state index in [9.17, 15) is 24.3 Å². The van der Waals surface area contributed by atoms with Gasteiger partial charge in [0.05, 0.1) is 6.04 Å². The minimum Gasteiger partial charge on any atom is -0.480 e. The van der Waals surface area contributed by atoms with Crippen LogP contribution in [0.25, 0.3) is 21.8 Å². The zero-order valence-electron chi connectivity index (χ0n) is 27.0. The van der Waals surface area contributed by atoms with Gasteiger partial charge in [0, 0.05) is 47.0 Å². The van der Waals surface area contributed by atoms with E-state index in [1.165, 1.54) is 0 Å². The van der Waals surface area contributed by atoms with E-state index in [-0.39, 0.29) is 25.2 Å². The molecule has 5 aromatic rings. The molecule has 250 valence electrons. The lowest BCUT2D eigenvalue weighted by atomic mass is 9.96. The summed E-state index contributed by atoms with van der Waals surface area (Å²) in [5, 5.41) is 20.2. The summed E-state index contributed by atoms with van der Waals surface area (Å²) in [5.41, 5.74) is 10.6. The fourth-order valence-corrected chi connectivity index (χ4v) is 5.91. The first-order chi connectivity index (χ1) is 23.1. The molecule has 5 rings (SSSR count). The number of nitrogens with one attached hydrogen (secondary N) is 5. The van der Waals surface area contributed by atoms with Crippen molar-refractivity contribution in [2.75, 3.05) is 0 Å². The molecule has 8 N–H and O–H groups in total. The van der Waals surface area contributed by atoms with Crippen molar-refractivity contribution in [3.05, 3.63) is 108 Å². The molecule has 0 aliphatic heterocycles. The van der Waals surface area contributed by atoms with Crippen LogP contribution in [0.4, 0.5) is 0 Å². The van der Waals surface area contributed by atoms with Crippen molar-refractivity contribution in [2.45, 2.75) is 63.7 Å². The SMILES string of the molecule is CCC(C)C(NC(=O)C(Cc1ccccc1)NC(=O)C(N)Cc1c[nH]c2ccccc12)C(=O)NC(Cc1c[nH]c2ccccc12)C(=O)O. The Morgan fingerprint density at radius 2 is 1.23 bits per heavy atom. The van der Waals surface area contributed by atoms with Crippen LogP contribution >= 0.6 is 0 Å². The Balaban J connectivity index is 1.31. The number of hydrogen-bond acceptors (Lipinski definition) is 5. The van der Waals surface area contributed by atoms with Gasteiger partial charge in [0.25, 0.3) is 0 Å². The lowest BCUT2D eigenvalue weighted by Gasteiger charge is -2.28. The van der Waals surface area contributed by atoms with Crippen molar-refractivity contribution in [1.29, 1.82) is 0 Å². The second-order valence-corrected chi connectivity index (χ2v) is 12.3. The maximum absolute atomic E-state index is 13.9. The Kier molecular flexibility index (Phi) is 10.9. The second-order valence-electron chi connectivity index (χ2n) is 12.3. The average Bonchev–Trinajstić information content (AvgIpc) is 3.70. The number of aliphatic carboxylic acids is 1. The molecule has 0 saturated carbocycles. The van der Waals surface area contributed by atoms with Crippen molar-refractivity contribution in [3.8, 4) is 0 Å². The number of aromatic nitrogens is 2. The summed E-state index contributed by atoms with van der Waals surface area (Å²) in [6.45, 7) is 3.69. The number of para-hydroxylation sites is 2. The van der Waals surface area contributed by atoms with Gasteiger partial charge in [0.2, 0.25) is 17.7 Å². The molecule has 0 fully saturated rings. The topological polar surface area (TPSA) is 182 Å². The van der Waals surface area contributed by atoms with E-state index in [2.05, 4.69) is 25.9 Å². The second kappa shape index (κ2) is 15.4. The van der Waals surface area contributed by atoms with Gasteiger partial charge in [0.15, 0.2) is 0 Å². The number of carbonyl (C=O) groups is 4. The van der Waals surface area contributed by atoms with Gasteiger partial charge < -0.3 is 36.8 Å². The molecular formula is C37H42N6O5. The molecule has 3 amide bonds. The van der Waals surface area contributed by atoms with E-state index in [1.807, 2.05) is 98.9 Å². The zero-order valence-corrected chi connectivity index (χ0v) is 27.0. The number of rotatable bonds is 15. The van der Waals surface area contributed by atoms with Gasteiger partial charge in [-0.15, -0.1) is 0 Å². The first kappa shape index (κ1) is 33.9. The highest BCUT2D eigenvalue weighted by Gasteiger charge is 2.33. The van der Waals surface area contributed by atoms with E-state index in [4.69, 9.17) is 5.73 Å². The molecule has 0 bridgehead atoms. The van der Waals surface area contributed by atoms with Gasteiger partial charge >= 0.3 is 5.97 Å². The van der Waals surface area contributed by atoms with Gasteiger partial charge in [-0.25, -0.2) is 4.79 Å². The van der Waals surface area contributed by atoms with Crippen molar-refractivity contribution >= 4 is 45.5 Å². The van der Waals surface area contributed by atoms with Crippen molar-refractivity contribution < 1.29 is 24.3 Å². The first-order valence-corrected chi connectivity index (χ1v) is 16.2. The van der Waals surface area contributed by atoms with Gasteiger partial charge in [-0.2, -0.15) is 0 Å². The number of benzene rings is 3. The Morgan fingerprint density at radius 3 is 1.81 bits per heavy atom. The van der Waals surface area contributed by atoms with E-state index >= 15 is 0 Å². The molecule has 0 radical (unpaired) electrons. The molecule has 0 aliphatic rings. The van der Waals surface area contributed by atoms with Crippen LogP contribution < -0.4 is 21.7 Å². The Morgan fingerprint density at radius 1 is 0.688 bits per heavy atom. The quantitative estimate of drug-likeness (QED) is 0.0909. The molecule has 3 aromatic carbocycles. The molecular weight excluding hydrogens is 608 g/mol. The molecule has 48 heavy (non-hydrogen) atoms. The van der Waals surface area contributed by atoms with Crippen molar-refractivity contribution in [3.63, 3.8) is 0 Å². The number of H-pyrrole nitrogens is 2. The maximum Gasteiger partial charge on any atom is 0.326 e. The van der Waals surface area contributed by atoms with Crippen LogP contribution in [0.1, 0.15) is 37.0 Å². The Bertz CT molecular complexity index is 1880. The predicted molar refractivity (Wildman–Crippen MR) is 185 cm³/mol. The molecule has 0 spiro atoms. The van der Waals surface area contributed by atoms with Crippen LogP contribution in [0.15, 0.2) is 91.3 Å². The molecule has 5 unspecified atom stereocenters. The van der Waals surface area contributed by atoms with Crippen LogP contribution in [-0.4, -0.2) is 62.9 Å². The predicted octanol–water partition coefficient (Wildman–Crippen LogP) is 3.59. The third-order valence-electron chi connectivity index (χ3n) is 8.87. The standard InChI is InChI=1S/C37H42N6O5/c1-3-22(2)33(36(46)42-32(37(47)48)19-25-21-40-30-16-10-8-14-27(25)30)43-35(45)31(17-23-11-5-4-6-12-23)41-34(44)28(38)18-24-20-39-29-15-9-7-13-26(24)29/h4-16,20-22,28,31-33,39-40H,3,17-19,38H2,1-2H3,(H,41,44)(H,42,46)(H,43,45)(H,47,48). The summed E-state index contributed by atoms with van der Waals surface area (Å²) in [6.07, 6.45) is 4.55. The Hall–Kier alpha value is -5.42. The number of aromatic amines is 2. The third kappa shape index (κ3) is 8.10. The van der Waals surface area contributed by atoms with Crippen LogP contribution in [0.3, 0.4) is 0 Å². The van der Waals surface area contributed by atoms with E-state index in [1.54, 1.807) is 6.20 Å². The van der Waals surface area contributed by atoms with Gasteiger partial charge in [-0.1, -0.05) is 87.0 Å². The van der Waals surface area contributed by atoms with Gasteiger partial charge in [0.1, 0.15) is 18.1 Å². The summed E-state index contributed by atoms with van der Waals surface area (Å²) in [7, 11) is 0. The number of nitrogens with two attached hydrogens (primary N) is 1. The van der Waals surface area contributed by atoms with Gasteiger partial charge in [-0.3, -0.25) is 14.4 Å². The maximum atomic E-state index is 13.9. The van der Waals surface area contributed by atoms with E-state index in [0.29, 0.717) is 6.42 Å². The molecule has 2 aromatic heterocycles. The number of carbonyl (C=O) groups excluding carboxylic acids is 3. The minimum atomic E-state index is -1.23. The van der Waals surface area contributed by atoms with Crippen LogP contribution in [0.5, 0.6) is 0 Å². The molecule has 0 saturated heterocycles. The molecule has 11 heteroatoms. The largest absolute Gasteiger partial charge is 0.480 e. The first-order valence-electron chi connectivity index (χ1n) is 16.2. The van der Waals surface area contributed by atoms with Crippen LogP contribution in [0.2, 0.25) is 0 Å². The molecule has 0 aliphatic carbocycles. The summed E-state index contributed by atoms with van der Waals surface area (Å²) >= 11 is 0. The fraction of sp³-hybridized carbons (Fsp3) is 0.297. The summed E-state index contributed by atoms with van der Waals surface area (Å²) < 4.78 is 0. The fourth-order valence-electron chi connectivity index (χ4n) is 5.91. The van der Waals surface area contributed by atoms with Crippen molar-refractivity contribution in [1.82, 2.24) is 25.9 Å². The summed E-state index contributed by atoms with van der Waals surface area (Å²) in [6, 6.07) is 20.2. The van der Waals surface area contributed by atoms with E-state index < -0.39 is 47.9 Å². The smallest absolute Gasteiger partial charge is 0.326 e. The highest BCUT2D eigenvalue weighted by molar-refractivity contribution is 5.95. The van der Waals surface area contributed by atoms with E-state index in [0.717, 1.165) is 38.5 Å². The highest BCUT2D eigenvalue weighted by Crippen LogP contribution is 2.21. The summed E-state index contributed by atoms with van der Waals surface area (Å²) in [5.74, 6) is -3.23. The average molecular weight is 651 g/mol. The number of amides is 3. The Labute approximate surface area is 278 Å². The zero-order chi connectivity index (χ0) is 34.2. The normalized spacial score (nSPS) is 14.5. The lowest BCUT2D eigenvalue weighted by Crippen LogP contribution is -2.59. The molecule has 11 nitrogen and oxygen atoms in total. The highest BCUT2D eigenvalue weighted by atomic mass is 16.4. The third-order valence-corrected chi connectivity index (χ3v) is 8.87. The molecule has 2 heterocycles. The number of carboxylic acid groups (broad SMARTS) is 1. The van der Waals surface area contributed by atoms with Gasteiger partial charge in [-0.05, 0) is 41.2 Å². The van der Waals surface area contributed by atoms with Crippen LogP contribution in [-0.2, 0) is 38.4 Å². The lowest BCUT2D eigenvalue weighted by molar-refractivity contribution is -0.142. The minimum absolute atomic E-state index is 0.0489. The molecule has 5 atom stereocenters. The van der Waals surface area contributed by atoms with Crippen LogP contribution in [0, 0.1) is 5.92 Å². The van der Waals surface area contributed by atoms with Crippen molar-refractivity contribution in [2.24, 2.45) is 11.7 Å². The monoisotopic (exact) mass is 650 g/mol. The summed E-state index contributed by atoms with van der Waals surface area (Å²) in [4.78, 5) is 59.6. The number of hydrogen-bond donors (Lipinski definition) is 7.